The van der Waals surface area contributed by atoms with Crippen molar-refractivity contribution in [1.82, 2.24) is 4.90 Å². The molecule has 0 spiro atoms. The van der Waals surface area contributed by atoms with Crippen molar-refractivity contribution < 1.29 is 26.5 Å². The molecular weight excluding hydrogens is 433 g/mol. The molecule has 3 aromatic rings. The fourth-order valence-corrected chi connectivity index (χ4v) is 5.00. The second-order valence-electron chi connectivity index (χ2n) is 7.56. The van der Waals surface area contributed by atoms with E-state index in [1.54, 1.807) is 12.1 Å². The monoisotopic (exact) mass is 449 g/mol. The molecule has 3 aromatic carbocycles. The molecule has 3 aliphatic rings. The molecule has 3 heterocycles. The fourth-order valence-electron chi connectivity index (χ4n) is 4.05. The summed E-state index contributed by atoms with van der Waals surface area (Å²) < 4.78 is 55.1. The maximum Gasteiger partial charge on any atom is 0.339 e. The Hall–Kier alpha value is -3.78. The highest BCUT2D eigenvalue weighted by Crippen LogP contribution is 2.29. The molecule has 0 radical (unpaired) electrons. The molecule has 0 aliphatic carbocycles. The number of benzene rings is 3. The molecule has 0 saturated carbocycles. The summed E-state index contributed by atoms with van der Waals surface area (Å²) in [5.74, 6) is 1.12. The van der Waals surface area contributed by atoms with Crippen molar-refractivity contribution in [2.24, 2.45) is 0 Å². The van der Waals surface area contributed by atoms with Crippen molar-refractivity contribution in [1.29, 1.82) is 0 Å². The Morgan fingerprint density at radius 3 is 2.56 bits per heavy atom. The van der Waals surface area contributed by atoms with Crippen LogP contribution in [0, 0.1) is 5.82 Å². The van der Waals surface area contributed by atoms with Gasteiger partial charge in [-0.05, 0) is 59.0 Å². The van der Waals surface area contributed by atoms with Crippen molar-refractivity contribution in [3.63, 3.8) is 0 Å². The first kappa shape index (κ1) is 18.9. The predicted molar refractivity (Wildman–Crippen MR) is 115 cm³/mol. The molecule has 8 heteroatoms. The maximum absolute atomic E-state index is 13.2. The van der Waals surface area contributed by atoms with E-state index in [1.807, 2.05) is 35.4 Å². The SMILES string of the molecule is O=S(=O)(Oc1cccc2c1=CN1CC=c3cc4c(cc3=C1C=2)OCO4)c1ccc(F)cc1. The first-order chi connectivity index (χ1) is 15.5. The van der Waals surface area contributed by atoms with Gasteiger partial charge in [0, 0.05) is 28.9 Å². The first-order valence-electron chi connectivity index (χ1n) is 9.91. The van der Waals surface area contributed by atoms with Crippen molar-refractivity contribution in [3.05, 3.63) is 81.3 Å². The molecule has 32 heavy (non-hydrogen) atoms. The smallest absolute Gasteiger partial charge is 0.339 e. The number of hydrogen-bond acceptors (Lipinski definition) is 6. The zero-order chi connectivity index (χ0) is 21.9. The van der Waals surface area contributed by atoms with Crippen molar-refractivity contribution >= 4 is 34.2 Å². The number of ether oxygens (including phenoxy) is 2. The van der Waals surface area contributed by atoms with Crippen LogP contribution in [0.1, 0.15) is 0 Å². The van der Waals surface area contributed by atoms with E-state index < -0.39 is 15.9 Å². The minimum Gasteiger partial charge on any atom is -0.454 e. The Bertz CT molecular complexity index is 1630. The Morgan fingerprint density at radius 2 is 1.75 bits per heavy atom. The molecule has 6 nitrogen and oxygen atoms in total. The molecule has 0 fully saturated rings. The average Bonchev–Trinajstić information content (AvgIpc) is 3.24. The third-order valence-electron chi connectivity index (χ3n) is 5.62. The van der Waals surface area contributed by atoms with Crippen LogP contribution in [0.25, 0.3) is 24.0 Å². The largest absolute Gasteiger partial charge is 0.454 e. The van der Waals surface area contributed by atoms with Crippen molar-refractivity contribution in [2.45, 2.75) is 4.90 Å². The quantitative estimate of drug-likeness (QED) is 0.551. The summed E-state index contributed by atoms with van der Waals surface area (Å²) in [7, 11) is -4.11. The minimum absolute atomic E-state index is 0.111. The normalized spacial score (nSPS) is 15.5. The van der Waals surface area contributed by atoms with Gasteiger partial charge in [-0.15, -0.1) is 0 Å². The number of nitrogens with zero attached hydrogens (tertiary/aromatic N) is 1. The van der Waals surface area contributed by atoms with Gasteiger partial charge in [0.05, 0.1) is 0 Å². The van der Waals surface area contributed by atoms with Crippen LogP contribution in [0.15, 0.2) is 59.5 Å². The van der Waals surface area contributed by atoms with Crippen LogP contribution in [0.3, 0.4) is 0 Å². The Morgan fingerprint density at radius 1 is 0.969 bits per heavy atom. The van der Waals surface area contributed by atoms with Crippen molar-refractivity contribution in [2.75, 3.05) is 13.3 Å². The van der Waals surface area contributed by atoms with E-state index in [0.29, 0.717) is 17.5 Å². The Balaban J connectivity index is 1.48. The number of fused-ring (bicyclic) bond motifs is 4. The molecule has 160 valence electrons. The molecule has 0 bridgehead atoms. The highest BCUT2D eigenvalue weighted by Gasteiger charge is 2.21. The van der Waals surface area contributed by atoms with E-state index in [2.05, 4.69) is 6.08 Å². The predicted octanol–water partition coefficient (Wildman–Crippen LogP) is 0.759. The molecular formula is C24H16FNO5S. The van der Waals surface area contributed by atoms with Crippen LogP contribution in [0.5, 0.6) is 17.2 Å². The van der Waals surface area contributed by atoms with Crippen LogP contribution in [-0.2, 0) is 10.1 Å². The van der Waals surface area contributed by atoms with Gasteiger partial charge >= 0.3 is 10.1 Å². The van der Waals surface area contributed by atoms with Gasteiger partial charge in [0.25, 0.3) is 0 Å². The topological polar surface area (TPSA) is 65.1 Å². The Kier molecular flexibility index (Phi) is 4.06. The highest BCUT2D eigenvalue weighted by atomic mass is 32.2. The van der Waals surface area contributed by atoms with E-state index in [9.17, 15) is 12.8 Å². The van der Waals surface area contributed by atoms with Gasteiger partial charge in [-0.1, -0.05) is 18.2 Å². The third-order valence-corrected chi connectivity index (χ3v) is 6.87. The van der Waals surface area contributed by atoms with Crippen LogP contribution in [-0.4, -0.2) is 26.7 Å². The van der Waals surface area contributed by atoms with Gasteiger partial charge in [-0.25, -0.2) is 4.39 Å². The standard InChI is InChI=1S/C24H16FNO5S/c25-17-4-6-18(7-5-17)32(27,28)31-22-3-1-2-15-10-21-19-12-24-23(29-14-30-24)11-16(19)8-9-26(21)13-20(15)22/h1-8,10-13H,9,14H2. The summed E-state index contributed by atoms with van der Waals surface area (Å²) in [6, 6.07) is 13.7. The van der Waals surface area contributed by atoms with Gasteiger partial charge in [-0.3, -0.25) is 0 Å². The zero-order valence-corrected chi connectivity index (χ0v) is 17.4. The lowest BCUT2D eigenvalue weighted by atomic mass is 10.0. The summed E-state index contributed by atoms with van der Waals surface area (Å²) in [6.07, 6.45) is 5.96. The summed E-state index contributed by atoms with van der Waals surface area (Å²) in [5.41, 5.74) is 0.979. The van der Waals surface area contributed by atoms with E-state index in [0.717, 1.165) is 39.2 Å². The lowest BCUT2D eigenvalue weighted by molar-refractivity contribution is 0.174. The van der Waals surface area contributed by atoms with Gasteiger partial charge < -0.3 is 18.6 Å². The van der Waals surface area contributed by atoms with E-state index >= 15 is 0 Å². The van der Waals surface area contributed by atoms with Crippen LogP contribution in [0.4, 0.5) is 4.39 Å². The lowest BCUT2D eigenvalue weighted by Gasteiger charge is -2.26. The summed E-state index contributed by atoms with van der Waals surface area (Å²) in [4.78, 5) is 1.92. The fraction of sp³-hybridized carbons (Fsp3) is 0.0833. The maximum atomic E-state index is 13.2. The Labute approximate surface area is 182 Å². The summed E-state index contributed by atoms with van der Waals surface area (Å²) >= 11 is 0. The second kappa shape index (κ2) is 6.86. The van der Waals surface area contributed by atoms with Crippen molar-refractivity contribution in [3.8, 4) is 17.2 Å². The average molecular weight is 449 g/mol. The third kappa shape index (κ3) is 3.03. The number of rotatable bonds is 3. The van der Waals surface area contributed by atoms with Gasteiger partial charge in [0.1, 0.15) is 10.7 Å². The molecule has 3 aliphatic heterocycles. The van der Waals surface area contributed by atoms with E-state index in [4.69, 9.17) is 13.7 Å². The number of hydrogen-bond donors (Lipinski definition) is 0. The molecule has 6 rings (SSSR count). The number of halogens is 1. The van der Waals surface area contributed by atoms with Gasteiger partial charge in [0.15, 0.2) is 17.2 Å². The van der Waals surface area contributed by atoms with E-state index in [1.165, 1.54) is 12.1 Å². The van der Waals surface area contributed by atoms with Gasteiger partial charge in [-0.2, -0.15) is 8.42 Å². The molecule has 0 unspecified atom stereocenters. The summed E-state index contributed by atoms with van der Waals surface area (Å²) in [6.45, 7) is 0.816. The highest BCUT2D eigenvalue weighted by molar-refractivity contribution is 7.87. The molecule has 0 amide bonds. The zero-order valence-electron chi connectivity index (χ0n) is 16.6. The molecule has 0 N–H and O–H groups in total. The molecule has 0 saturated heterocycles. The molecule has 0 atom stereocenters. The first-order valence-corrected chi connectivity index (χ1v) is 11.3. The minimum atomic E-state index is -4.11. The second-order valence-corrected chi connectivity index (χ2v) is 9.10. The van der Waals surface area contributed by atoms with Gasteiger partial charge in [0.2, 0.25) is 6.79 Å². The molecule has 0 aromatic heterocycles. The van der Waals surface area contributed by atoms with Crippen LogP contribution < -0.4 is 34.5 Å². The van der Waals surface area contributed by atoms with Crippen LogP contribution in [0.2, 0.25) is 0 Å². The lowest BCUT2D eigenvalue weighted by Crippen LogP contribution is -2.43. The summed E-state index contributed by atoms with van der Waals surface area (Å²) in [5, 5.41) is 3.54. The van der Waals surface area contributed by atoms with Crippen LogP contribution >= 0.6 is 0 Å². The van der Waals surface area contributed by atoms with E-state index in [-0.39, 0.29) is 17.4 Å².